The lowest BCUT2D eigenvalue weighted by molar-refractivity contribution is -0.120. The third-order valence-electron chi connectivity index (χ3n) is 5.34. The molecule has 30 heavy (non-hydrogen) atoms. The third kappa shape index (κ3) is 5.60. The molecule has 0 radical (unpaired) electrons. The Kier molecular flexibility index (Phi) is 7.38. The van der Waals surface area contributed by atoms with Crippen LogP contribution >= 0.6 is 23.4 Å². The van der Waals surface area contributed by atoms with Crippen molar-refractivity contribution in [2.24, 2.45) is 4.99 Å². The highest BCUT2D eigenvalue weighted by Gasteiger charge is 2.35. The fourth-order valence-electron chi connectivity index (χ4n) is 3.65. The number of aliphatic imine (C=N–C) groups is 1. The summed E-state index contributed by atoms with van der Waals surface area (Å²) in [7, 11) is 0. The molecule has 2 unspecified atom stereocenters. The number of carbonyl (C=O) groups is 1. The zero-order valence-electron chi connectivity index (χ0n) is 16.8. The minimum Gasteiger partial charge on any atom is -0.354 e. The second-order valence-electron chi connectivity index (χ2n) is 7.48. The van der Waals surface area contributed by atoms with E-state index in [4.69, 9.17) is 11.6 Å². The van der Waals surface area contributed by atoms with E-state index in [9.17, 15) is 4.79 Å². The number of nitrogens with zero attached hydrogens (tertiary/aromatic N) is 4. The summed E-state index contributed by atoms with van der Waals surface area (Å²) in [6.07, 6.45) is 3.46. The maximum Gasteiger partial charge on any atom is 0.237 e. The zero-order chi connectivity index (χ0) is 20.8. The van der Waals surface area contributed by atoms with Crippen LogP contribution in [0.5, 0.6) is 0 Å². The second kappa shape index (κ2) is 10.4. The van der Waals surface area contributed by atoms with Gasteiger partial charge in [0.15, 0.2) is 0 Å². The van der Waals surface area contributed by atoms with Gasteiger partial charge in [-0.05, 0) is 17.7 Å². The van der Waals surface area contributed by atoms with Crippen LogP contribution in [0, 0.1) is 0 Å². The molecule has 3 heterocycles. The van der Waals surface area contributed by atoms with Gasteiger partial charge in [-0.1, -0.05) is 53.7 Å². The number of piperazine rings is 1. The number of thioether (sulfide) groups is 1. The number of alkyl halides is 1. The average Bonchev–Trinajstić information content (AvgIpc) is 3.18. The number of halogens is 1. The normalized spacial score (nSPS) is 22.6. The van der Waals surface area contributed by atoms with Crippen molar-refractivity contribution in [3.05, 3.63) is 66.0 Å². The van der Waals surface area contributed by atoms with Gasteiger partial charge in [0.1, 0.15) is 15.8 Å². The number of hydrogen-bond acceptors (Lipinski definition) is 6. The number of aromatic nitrogens is 1. The molecule has 2 atom stereocenters. The third-order valence-corrected chi connectivity index (χ3v) is 7.13. The molecule has 2 aliphatic heterocycles. The number of rotatable bonds is 7. The molecule has 1 fully saturated rings. The Labute approximate surface area is 186 Å². The topological polar surface area (TPSA) is 60.8 Å². The van der Waals surface area contributed by atoms with Crippen molar-refractivity contribution < 1.29 is 4.79 Å². The molecule has 2 aromatic rings. The summed E-state index contributed by atoms with van der Waals surface area (Å²) < 4.78 is 0. The zero-order valence-corrected chi connectivity index (χ0v) is 18.4. The van der Waals surface area contributed by atoms with E-state index in [1.54, 1.807) is 12.4 Å². The molecule has 0 aliphatic carbocycles. The number of nitrogens with one attached hydrogen (secondary N) is 1. The fraction of sp³-hybridized carbons (Fsp3) is 0.409. The van der Waals surface area contributed by atoms with Gasteiger partial charge in [-0.15, -0.1) is 0 Å². The quantitative estimate of drug-likeness (QED) is 0.526. The predicted molar refractivity (Wildman–Crippen MR) is 123 cm³/mol. The highest BCUT2D eigenvalue weighted by Crippen LogP contribution is 2.32. The van der Waals surface area contributed by atoms with Gasteiger partial charge >= 0.3 is 0 Å². The standard InChI is InChI=1S/C22H26ClN5OS/c23-20-19(30-22(26-20)18-7-4-8-24-15-18)21(29)25-9-10-27-11-13-28(14-12-27)16-17-5-2-1-3-6-17/h1-8,15,19-20H,9-14,16H2,(H,25,29). The molecule has 6 nitrogen and oxygen atoms in total. The van der Waals surface area contributed by atoms with E-state index >= 15 is 0 Å². The van der Waals surface area contributed by atoms with Crippen molar-refractivity contribution in [3.8, 4) is 0 Å². The Morgan fingerprint density at radius 2 is 1.87 bits per heavy atom. The number of benzene rings is 1. The van der Waals surface area contributed by atoms with Gasteiger partial charge in [0.2, 0.25) is 5.91 Å². The summed E-state index contributed by atoms with van der Waals surface area (Å²) in [5.41, 5.74) is 1.71. The number of pyridine rings is 1. The van der Waals surface area contributed by atoms with E-state index in [2.05, 4.69) is 55.4 Å². The van der Waals surface area contributed by atoms with Crippen LogP contribution in [0.15, 0.2) is 59.9 Å². The first-order valence-electron chi connectivity index (χ1n) is 10.2. The minimum atomic E-state index is -0.549. The first-order chi connectivity index (χ1) is 14.7. The Hall–Kier alpha value is -1.93. The molecule has 0 spiro atoms. The van der Waals surface area contributed by atoms with Gasteiger partial charge in [0.25, 0.3) is 0 Å². The molecule has 158 valence electrons. The van der Waals surface area contributed by atoms with Crippen LogP contribution in [0.3, 0.4) is 0 Å². The van der Waals surface area contributed by atoms with Crippen LogP contribution in [0.25, 0.3) is 0 Å². The van der Waals surface area contributed by atoms with Crippen molar-refractivity contribution in [2.75, 3.05) is 39.3 Å². The molecule has 1 N–H and O–H groups in total. The summed E-state index contributed by atoms with van der Waals surface area (Å²) >= 11 is 7.74. The minimum absolute atomic E-state index is 0.0506. The van der Waals surface area contributed by atoms with E-state index in [0.29, 0.717) is 6.54 Å². The number of carbonyl (C=O) groups excluding carboxylic acids is 1. The van der Waals surface area contributed by atoms with Crippen molar-refractivity contribution in [1.29, 1.82) is 0 Å². The van der Waals surface area contributed by atoms with Crippen LogP contribution in [-0.4, -0.2) is 75.8 Å². The lowest BCUT2D eigenvalue weighted by Crippen LogP contribution is -2.48. The molecule has 1 aromatic carbocycles. The Balaban J connectivity index is 1.16. The van der Waals surface area contributed by atoms with Crippen molar-refractivity contribution in [1.82, 2.24) is 20.1 Å². The SMILES string of the molecule is O=C(NCCN1CCN(Cc2ccccc2)CC1)C1SC(c2cccnc2)=NC1Cl. The lowest BCUT2D eigenvalue weighted by Gasteiger charge is -2.34. The van der Waals surface area contributed by atoms with Crippen LogP contribution in [0.4, 0.5) is 0 Å². The highest BCUT2D eigenvalue weighted by molar-refractivity contribution is 8.15. The predicted octanol–water partition coefficient (Wildman–Crippen LogP) is 2.44. The summed E-state index contributed by atoms with van der Waals surface area (Å²) in [4.78, 5) is 26.0. The summed E-state index contributed by atoms with van der Waals surface area (Å²) in [6.45, 7) is 6.62. The van der Waals surface area contributed by atoms with Crippen LogP contribution < -0.4 is 5.32 Å². The van der Waals surface area contributed by atoms with Gasteiger partial charge in [-0.25, -0.2) is 0 Å². The van der Waals surface area contributed by atoms with Gasteiger partial charge in [-0.3, -0.25) is 24.6 Å². The Bertz CT molecular complexity index is 858. The molecule has 4 rings (SSSR count). The summed E-state index contributed by atoms with van der Waals surface area (Å²) in [5, 5.41) is 3.41. The van der Waals surface area contributed by atoms with Gasteiger partial charge in [0.05, 0.1) is 0 Å². The van der Waals surface area contributed by atoms with Crippen molar-refractivity contribution in [3.63, 3.8) is 0 Å². The monoisotopic (exact) mass is 443 g/mol. The molecule has 1 aromatic heterocycles. The molecule has 8 heteroatoms. The van der Waals surface area contributed by atoms with Gasteiger partial charge in [-0.2, -0.15) is 0 Å². The van der Waals surface area contributed by atoms with E-state index in [1.807, 2.05) is 12.1 Å². The van der Waals surface area contributed by atoms with E-state index in [1.165, 1.54) is 17.3 Å². The van der Waals surface area contributed by atoms with Crippen molar-refractivity contribution in [2.45, 2.75) is 17.3 Å². The lowest BCUT2D eigenvalue weighted by atomic mass is 10.2. The smallest absolute Gasteiger partial charge is 0.237 e. The first kappa shape index (κ1) is 21.3. The highest BCUT2D eigenvalue weighted by atomic mass is 35.5. The van der Waals surface area contributed by atoms with Gasteiger partial charge < -0.3 is 5.32 Å². The largest absolute Gasteiger partial charge is 0.354 e. The van der Waals surface area contributed by atoms with Gasteiger partial charge in [0, 0.05) is 63.8 Å². The molecular formula is C22H26ClN5OS. The van der Waals surface area contributed by atoms with Crippen molar-refractivity contribution >= 4 is 34.3 Å². The maximum atomic E-state index is 12.6. The first-order valence-corrected chi connectivity index (χ1v) is 11.6. The fourth-order valence-corrected chi connectivity index (χ4v) is 5.11. The maximum absolute atomic E-state index is 12.6. The average molecular weight is 444 g/mol. The molecule has 2 aliphatic rings. The number of amides is 1. The summed E-state index contributed by atoms with van der Waals surface area (Å²) in [5.74, 6) is -0.0506. The van der Waals surface area contributed by atoms with Crippen LogP contribution in [0.1, 0.15) is 11.1 Å². The molecular weight excluding hydrogens is 418 g/mol. The van der Waals surface area contributed by atoms with Crippen LogP contribution in [0.2, 0.25) is 0 Å². The van der Waals surface area contributed by atoms with Crippen LogP contribution in [-0.2, 0) is 11.3 Å². The summed E-state index contributed by atoms with van der Waals surface area (Å²) in [6, 6.07) is 14.4. The molecule has 0 saturated carbocycles. The van der Waals surface area contributed by atoms with E-state index in [0.717, 1.165) is 49.9 Å². The number of hydrogen-bond donors (Lipinski definition) is 1. The molecule has 0 bridgehead atoms. The van der Waals surface area contributed by atoms with E-state index < -0.39 is 10.8 Å². The Morgan fingerprint density at radius 1 is 1.10 bits per heavy atom. The van der Waals surface area contributed by atoms with E-state index in [-0.39, 0.29) is 5.91 Å². The Morgan fingerprint density at radius 3 is 2.60 bits per heavy atom. The second-order valence-corrected chi connectivity index (χ2v) is 9.06. The molecule has 1 saturated heterocycles. The molecule has 1 amide bonds.